The number of benzene rings is 3. The average Bonchev–Trinajstić information content (AvgIpc) is 0.869. The summed E-state index contributed by atoms with van der Waals surface area (Å²) in [6.45, 7) is 9.73. The van der Waals surface area contributed by atoms with Gasteiger partial charge in [0.1, 0.15) is 18.5 Å². The number of hydrogen-bond donors (Lipinski definition) is 5. The summed E-state index contributed by atoms with van der Waals surface area (Å²) in [6.07, 6.45) is 32.2. The van der Waals surface area contributed by atoms with Gasteiger partial charge in [0.05, 0.1) is 85.7 Å². The molecule has 6 aliphatic rings. The number of carbonyl (C=O) groups is 7. The summed E-state index contributed by atoms with van der Waals surface area (Å²) in [6, 6.07) is 29.4. The molecule has 3 aromatic rings. The number of esters is 3. The Labute approximate surface area is 639 Å². The van der Waals surface area contributed by atoms with Gasteiger partial charge < -0.3 is 62.1 Å². The van der Waals surface area contributed by atoms with Crippen molar-refractivity contribution in [3.63, 3.8) is 0 Å². The summed E-state index contributed by atoms with van der Waals surface area (Å²) in [5.41, 5.74) is 1.03. The van der Waals surface area contributed by atoms with Crippen molar-refractivity contribution in [3.05, 3.63) is 115 Å². The molecule has 0 saturated heterocycles. The number of ketones is 1. The second-order valence-corrected chi connectivity index (χ2v) is 27.1. The Balaban J connectivity index is 0. The Morgan fingerprint density at radius 3 is 1.14 bits per heavy atom. The van der Waals surface area contributed by atoms with E-state index in [9.17, 15) is 38.7 Å². The molecule has 0 spiro atoms. The Kier molecular flexibility index (Phi) is 56.1. The molecule has 566 valence electrons. The van der Waals surface area contributed by atoms with Gasteiger partial charge in [-0.2, -0.15) is 0 Å². The van der Waals surface area contributed by atoms with Crippen LogP contribution in [0.5, 0.6) is 0 Å². The van der Waals surface area contributed by atoms with E-state index in [4.69, 9.17) is 55.7 Å². The predicted molar refractivity (Wildman–Crippen MR) is 382 cm³/mol. The Morgan fingerprint density at radius 2 is 0.810 bits per heavy atom. The zero-order chi connectivity index (χ0) is 70.3. The summed E-state index contributed by atoms with van der Waals surface area (Å²) in [5, 5.41) is 45.3. The van der Waals surface area contributed by atoms with E-state index in [1.54, 1.807) is 0 Å². The van der Waals surface area contributed by atoms with E-state index in [0.29, 0.717) is 52.1 Å². The Hall–Kier alpha value is -4.10. The molecule has 0 aromatic heterocycles. The van der Waals surface area contributed by atoms with Crippen molar-refractivity contribution in [2.45, 2.75) is 259 Å². The molecule has 9 rings (SSSR count). The van der Waals surface area contributed by atoms with Crippen LogP contribution < -0.4 is 29.6 Å². The molecule has 6 fully saturated rings. The maximum atomic E-state index is 13.2. The fraction of sp³-hybridized carbons (Fsp3) is 0.671. The quantitative estimate of drug-likeness (QED) is 0.0183. The summed E-state index contributed by atoms with van der Waals surface area (Å²) in [4.78, 5) is 80.9. The van der Waals surface area contributed by atoms with Crippen LogP contribution in [0.4, 0.5) is 0 Å². The number of aliphatic hydroxyl groups is 2. The van der Waals surface area contributed by atoms with E-state index in [1.165, 1.54) is 51.4 Å². The molecule has 1 atom stereocenters. The van der Waals surface area contributed by atoms with Crippen LogP contribution in [0.15, 0.2) is 91.0 Å². The fourth-order valence-corrected chi connectivity index (χ4v) is 13.7. The zero-order valence-corrected chi connectivity index (χ0v) is 65.7. The number of carboxylic acids is 3. The predicted octanol–water partition coefficient (Wildman–Crippen LogP) is 14.3. The maximum absolute atomic E-state index is 13.2. The molecule has 0 unspecified atom stereocenters. The number of carboxylic acid groups (broad SMARTS) is 3. The average molecular weight is 1530 g/mol. The Morgan fingerprint density at radius 1 is 0.460 bits per heavy atom. The van der Waals surface area contributed by atoms with Crippen LogP contribution >= 0.6 is 11.6 Å². The van der Waals surface area contributed by atoms with Crippen LogP contribution in [-0.2, 0) is 97.5 Å². The van der Waals surface area contributed by atoms with Crippen molar-refractivity contribution in [1.29, 1.82) is 0 Å². The second kappa shape index (κ2) is 57.2. The molecule has 21 heteroatoms. The van der Waals surface area contributed by atoms with Gasteiger partial charge in [0.15, 0.2) is 0 Å². The zero-order valence-electron chi connectivity index (χ0n) is 61.4. The van der Waals surface area contributed by atoms with Gasteiger partial charge in [-0.15, -0.1) is 0 Å². The fourth-order valence-electron chi connectivity index (χ4n) is 13.7. The van der Waals surface area contributed by atoms with Crippen LogP contribution in [0.1, 0.15) is 256 Å². The Bertz CT molecular complexity index is 2560. The smallest absolute Gasteiger partial charge is 0.870 e. The minimum atomic E-state index is -0.834. The second-order valence-electron chi connectivity index (χ2n) is 26.8. The van der Waals surface area contributed by atoms with E-state index < -0.39 is 40.6 Å². The third kappa shape index (κ3) is 36.6. The first-order chi connectivity index (χ1) is 46.4. The van der Waals surface area contributed by atoms with Crippen molar-refractivity contribution < 1.29 is 138 Å². The molecule has 0 heterocycles. The molecule has 6 aliphatic carbocycles. The van der Waals surface area contributed by atoms with Gasteiger partial charge >= 0.3 is 65.4 Å². The first-order valence-corrected chi connectivity index (χ1v) is 36.7. The van der Waals surface area contributed by atoms with Crippen LogP contribution in [0.2, 0.25) is 0 Å². The van der Waals surface area contributed by atoms with E-state index in [-0.39, 0.29) is 142 Å². The van der Waals surface area contributed by atoms with Gasteiger partial charge in [0.2, 0.25) is 0 Å². The number of aliphatic carboxylic acids is 3. The van der Waals surface area contributed by atoms with Crippen LogP contribution in [-0.4, -0.2) is 112 Å². The van der Waals surface area contributed by atoms with E-state index in [2.05, 4.69) is 6.92 Å². The number of carbonyl (C=O) groups excluding carboxylic acids is 4. The summed E-state index contributed by atoms with van der Waals surface area (Å²) < 4.78 is 26.4. The number of Topliss-reactive ketones (excluding diaryl/α,β-unsaturated/α-hetero) is 1. The van der Waals surface area contributed by atoms with E-state index in [1.807, 2.05) is 112 Å². The minimum absolute atomic E-state index is 0. The van der Waals surface area contributed by atoms with Crippen molar-refractivity contribution in [3.8, 4) is 0 Å². The number of alkyl halides is 1. The molecular weight excluding hydrogens is 1400 g/mol. The monoisotopic (exact) mass is 1520 g/mol. The summed E-state index contributed by atoms with van der Waals surface area (Å²) in [7, 11) is 0. The molecule has 6 saturated carbocycles. The van der Waals surface area contributed by atoms with Gasteiger partial charge in [0.25, 0.3) is 0 Å². The van der Waals surface area contributed by atoms with Crippen molar-refractivity contribution in [2.24, 2.45) is 39.4 Å². The van der Waals surface area contributed by atoms with Crippen LogP contribution in [0.25, 0.3) is 0 Å². The van der Waals surface area contributed by atoms with Gasteiger partial charge in [-0.1, -0.05) is 232 Å². The van der Waals surface area contributed by atoms with E-state index >= 15 is 0 Å². The SMILES string of the molecule is CCC1(C(=O)O)CCCCC1.CCOC(=O)C1(CC)CCCCC1.CCOC(=O)C1CCCCC1.ClCOCc1ccccc1.O=C(O)C1(CO)CCCCC1.O=C(O)C1CCCCC1.O=C(OCc1ccccc1)[C@H](COCc1ccccc1)CC(=O)C1(CO)CCCCC1.[CH3-].[Na+].[OH-].[Pd]. The largest absolute Gasteiger partial charge is 1.00 e. The van der Waals surface area contributed by atoms with Crippen LogP contribution in [0.3, 0.4) is 0 Å². The normalized spacial score (nSPS) is 18.0. The number of hydrogen-bond acceptors (Lipinski definition) is 15. The van der Waals surface area contributed by atoms with Crippen molar-refractivity contribution in [1.82, 2.24) is 0 Å². The molecule has 3 aromatic carbocycles. The first-order valence-electron chi connectivity index (χ1n) is 36.2. The minimum Gasteiger partial charge on any atom is -0.870 e. The molecule has 18 nitrogen and oxygen atoms in total. The van der Waals surface area contributed by atoms with Crippen molar-refractivity contribution in [2.75, 3.05) is 39.1 Å². The van der Waals surface area contributed by atoms with Gasteiger partial charge in [-0.05, 0) is 120 Å². The number of halogens is 1. The van der Waals surface area contributed by atoms with Gasteiger partial charge in [0, 0.05) is 26.8 Å². The number of ether oxygens (including phenoxy) is 5. The molecule has 0 amide bonds. The van der Waals surface area contributed by atoms with Gasteiger partial charge in [-0.3, -0.25) is 33.6 Å². The number of rotatable bonds is 24. The van der Waals surface area contributed by atoms with E-state index in [0.717, 1.165) is 145 Å². The molecule has 0 bridgehead atoms. The number of aliphatic hydroxyl groups excluding tert-OH is 2. The molecule has 0 radical (unpaired) electrons. The summed E-state index contributed by atoms with van der Waals surface area (Å²) in [5.74, 6) is -2.96. The maximum Gasteiger partial charge on any atom is 1.00 e. The molecule has 6 N–H and O–H groups in total. The first kappa shape index (κ1) is 98.0. The van der Waals surface area contributed by atoms with Gasteiger partial charge in [-0.25, -0.2) is 0 Å². The molecule has 0 aliphatic heterocycles. The molecular formula is C79H123ClNaO18Pd-. The van der Waals surface area contributed by atoms with Crippen molar-refractivity contribution >= 4 is 53.2 Å². The summed E-state index contributed by atoms with van der Waals surface area (Å²) >= 11 is 5.33. The molecule has 100 heavy (non-hydrogen) atoms. The third-order valence-corrected chi connectivity index (χ3v) is 20.4. The topological polar surface area (TPSA) is 297 Å². The van der Waals surface area contributed by atoms with Crippen LogP contribution in [0, 0.1) is 46.8 Å². The third-order valence-electron chi connectivity index (χ3n) is 20.2. The standard InChI is InChI=1S/C26H32O5.C11H20O2.2C9H16O2.C8H9ClO.C8H14O3.C7H12O2.CH3.Na.H2O.Pd/c27-20-26(14-8-3-9-15-26)24(28)16-23(19-30-17-21-10-4-1-5-11-21)25(29)31-18-22-12-6-2-7-13-22;1-3-11(10(12)13-4-2)8-6-5-7-9-11;1-2-9(8(10)11)6-4-3-5-7-9;1-2-11-9(10)8-6-4-3-5-7-8;9-7-10-6-8-4-2-1-3-5-8;9-6-8(7(10)11)4-2-1-3-5-8;8-7(9)6-4-2-1-3-5-6;;;;/h1-2,4-7,10-13,23,27H,3,8-9,14-20H2;3-9H2,1-2H3;2-7H2,1H3,(H,10,11);8H,2-7H2,1H3;1-5H,6-7H2;9H,1-6H2,(H,10,11);6H,1-5H2,(H,8,9);1H3;;1H2;/q;;;;;;;-1;+1;;/p-1/t23-;;;;;;;;;;/m0........../s1.